The molecule has 0 N–H and O–H groups in total. The van der Waals surface area contributed by atoms with Gasteiger partial charge in [0.2, 0.25) is 0 Å². The van der Waals surface area contributed by atoms with Crippen molar-refractivity contribution in [1.29, 1.82) is 0 Å². The maximum atomic E-state index is 5.49. The van der Waals surface area contributed by atoms with Gasteiger partial charge in [-0.1, -0.05) is 18.2 Å². The normalized spacial score (nSPS) is 19.3. The van der Waals surface area contributed by atoms with Gasteiger partial charge in [-0.05, 0) is 43.9 Å². The number of hydrogen-bond acceptors (Lipinski definition) is 5. The van der Waals surface area contributed by atoms with Crippen molar-refractivity contribution in [1.82, 2.24) is 19.7 Å². The smallest absolute Gasteiger partial charge is 0.0937 e. The molecule has 2 fully saturated rings. The van der Waals surface area contributed by atoms with Crippen LogP contribution in [0.2, 0.25) is 0 Å². The molecule has 0 aliphatic carbocycles. The van der Waals surface area contributed by atoms with Crippen LogP contribution in [0.5, 0.6) is 0 Å². The Morgan fingerprint density at radius 3 is 2.83 bits per heavy atom. The molecule has 0 amide bonds. The summed E-state index contributed by atoms with van der Waals surface area (Å²) in [5, 5.41) is 6.11. The first-order chi connectivity index (χ1) is 14.8. The lowest BCUT2D eigenvalue weighted by Crippen LogP contribution is -2.31. The van der Waals surface area contributed by atoms with E-state index < -0.39 is 0 Å². The van der Waals surface area contributed by atoms with Crippen molar-refractivity contribution in [2.24, 2.45) is 0 Å². The third-order valence-electron chi connectivity index (χ3n) is 6.47. The third-order valence-corrected chi connectivity index (χ3v) is 6.47. The van der Waals surface area contributed by atoms with Gasteiger partial charge in [-0.3, -0.25) is 14.6 Å². The van der Waals surface area contributed by atoms with Crippen molar-refractivity contribution in [3.63, 3.8) is 0 Å². The van der Waals surface area contributed by atoms with Crippen LogP contribution in [0.25, 0.3) is 10.9 Å². The molecule has 4 heterocycles. The van der Waals surface area contributed by atoms with E-state index in [2.05, 4.69) is 51.9 Å². The molecule has 0 atom stereocenters. The fourth-order valence-corrected chi connectivity index (χ4v) is 4.83. The molecule has 0 spiro atoms. The minimum absolute atomic E-state index is 0.494. The van der Waals surface area contributed by atoms with Gasteiger partial charge in [0.25, 0.3) is 0 Å². The van der Waals surface area contributed by atoms with E-state index in [-0.39, 0.29) is 0 Å². The topological polar surface area (TPSA) is 46.4 Å². The van der Waals surface area contributed by atoms with Crippen molar-refractivity contribution >= 4 is 16.6 Å². The first-order valence-electron chi connectivity index (χ1n) is 11.2. The van der Waals surface area contributed by atoms with Gasteiger partial charge >= 0.3 is 0 Å². The van der Waals surface area contributed by atoms with E-state index in [0.717, 1.165) is 70.7 Å². The fourth-order valence-electron chi connectivity index (χ4n) is 4.83. The molecular formula is C24H31N5O. The quantitative estimate of drug-likeness (QED) is 0.661. The Bertz CT molecular complexity index is 994. The number of pyridine rings is 1. The molecule has 1 aromatic carbocycles. The number of nitrogens with zero attached hydrogens (tertiary/aromatic N) is 5. The Kier molecular flexibility index (Phi) is 5.69. The largest absolute Gasteiger partial charge is 0.381 e. The van der Waals surface area contributed by atoms with E-state index in [1.807, 2.05) is 12.3 Å². The predicted octanol–water partition coefficient (Wildman–Crippen LogP) is 3.80. The fraction of sp³-hybridized carbons (Fsp3) is 0.500. The first kappa shape index (κ1) is 19.5. The van der Waals surface area contributed by atoms with Crippen LogP contribution >= 0.6 is 0 Å². The molecule has 0 saturated carbocycles. The summed E-state index contributed by atoms with van der Waals surface area (Å²) in [5.41, 5.74) is 4.92. The number of aryl methyl sites for hydroxylation is 1. The van der Waals surface area contributed by atoms with Gasteiger partial charge in [0, 0.05) is 63.7 Å². The number of hydrogen-bond donors (Lipinski definition) is 0. The van der Waals surface area contributed by atoms with Crippen LogP contribution in [0.1, 0.15) is 36.6 Å². The number of ether oxygens (including phenoxy) is 1. The van der Waals surface area contributed by atoms with E-state index >= 15 is 0 Å². The van der Waals surface area contributed by atoms with Gasteiger partial charge in [0.1, 0.15) is 0 Å². The van der Waals surface area contributed by atoms with Crippen LogP contribution < -0.4 is 4.90 Å². The van der Waals surface area contributed by atoms with Crippen LogP contribution in [-0.4, -0.2) is 59.1 Å². The zero-order chi connectivity index (χ0) is 20.3. The molecule has 0 radical (unpaired) electrons. The van der Waals surface area contributed by atoms with Crippen molar-refractivity contribution in [2.45, 2.75) is 38.8 Å². The van der Waals surface area contributed by atoms with Gasteiger partial charge in [0.05, 0.1) is 22.9 Å². The summed E-state index contributed by atoms with van der Waals surface area (Å²) in [6.45, 7) is 9.09. The molecule has 2 aromatic heterocycles. The Morgan fingerprint density at radius 2 is 1.93 bits per heavy atom. The average Bonchev–Trinajstić information content (AvgIpc) is 3.13. The lowest BCUT2D eigenvalue weighted by atomic mass is 10.1. The first-order valence-corrected chi connectivity index (χ1v) is 11.2. The highest BCUT2D eigenvalue weighted by Gasteiger charge is 2.21. The van der Waals surface area contributed by atoms with Crippen LogP contribution in [0.15, 0.2) is 42.7 Å². The van der Waals surface area contributed by atoms with Crippen LogP contribution in [0, 0.1) is 6.92 Å². The van der Waals surface area contributed by atoms with Gasteiger partial charge in [-0.15, -0.1) is 0 Å². The molecule has 2 aliphatic heterocycles. The minimum Gasteiger partial charge on any atom is -0.381 e. The van der Waals surface area contributed by atoms with Crippen molar-refractivity contribution in [3.8, 4) is 0 Å². The Balaban J connectivity index is 1.26. The zero-order valence-corrected chi connectivity index (χ0v) is 17.8. The number of aromatic nitrogens is 3. The SMILES string of the molecule is Cc1ccc2cccnc2c1N1CCCN(Cc2ccn(C3CCOCC3)n2)CC1. The molecule has 5 rings (SSSR count). The van der Waals surface area contributed by atoms with E-state index in [1.54, 1.807) is 0 Å². The molecule has 0 bridgehead atoms. The number of fused-ring (bicyclic) bond motifs is 1. The standard InChI is InChI=1S/C24H31N5O/c1-19-5-6-20-4-2-10-25-23(20)24(19)28-12-3-11-27(14-15-28)18-21-7-13-29(26-21)22-8-16-30-17-9-22/h2,4-7,10,13,22H,3,8-9,11-12,14-18H2,1H3. The van der Waals surface area contributed by atoms with Gasteiger partial charge in [-0.2, -0.15) is 5.10 Å². The Labute approximate surface area is 178 Å². The zero-order valence-electron chi connectivity index (χ0n) is 17.8. The van der Waals surface area contributed by atoms with E-state index in [0.29, 0.717) is 6.04 Å². The van der Waals surface area contributed by atoms with Gasteiger partial charge < -0.3 is 9.64 Å². The summed E-state index contributed by atoms with van der Waals surface area (Å²) in [6, 6.07) is 11.3. The van der Waals surface area contributed by atoms with Crippen LogP contribution in [0.3, 0.4) is 0 Å². The predicted molar refractivity (Wildman–Crippen MR) is 120 cm³/mol. The highest BCUT2D eigenvalue weighted by molar-refractivity contribution is 5.92. The lowest BCUT2D eigenvalue weighted by molar-refractivity contribution is 0.0660. The summed E-state index contributed by atoms with van der Waals surface area (Å²) in [6.07, 6.45) is 7.35. The second kappa shape index (κ2) is 8.74. The van der Waals surface area contributed by atoms with Crippen molar-refractivity contribution in [2.75, 3.05) is 44.3 Å². The molecule has 158 valence electrons. The molecule has 3 aromatic rings. The molecule has 30 heavy (non-hydrogen) atoms. The van der Waals surface area contributed by atoms with Gasteiger partial charge in [-0.25, -0.2) is 0 Å². The average molecular weight is 406 g/mol. The second-order valence-corrected chi connectivity index (χ2v) is 8.55. The molecule has 0 unspecified atom stereocenters. The summed E-state index contributed by atoms with van der Waals surface area (Å²) >= 11 is 0. The van der Waals surface area contributed by atoms with Crippen molar-refractivity contribution < 1.29 is 4.74 Å². The van der Waals surface area contributed by atoms with E-state index in [1.165, 1.54) is 22.3 Å². The van der Waals surface area contributed by atoms with Crippen LogP contribution in [0.4, 0.5) is 5.69 Å². The summed E-state index contributed by atoms with van der Waals surface area (Å²) in [5.74, 6) is 0. The van der Waals surface area contributed by atoms with Crippen LogP contribution in [-0.2, 0) is 11.3 Å². The van der Waals surface area contributed by atoms with Gasteiger partial charge in [0.15, 0.2) is 0 Å². The summed E-state index contributed by atoms with van der Waals surface area (Å²) < 4.78 is 7.65. The molecule has 6 heteroatoms. The molecule has 2 saturated heterocycles. The second-order valence-electron chi connectivity index (χ2n) is 8.55. The van der Waals surface area contributed by atoms with Crippen molar-refractivity contribution in [3.05, 3.63) is 54.0 Å². The monoisotopic (exact) mass is 405 g/mol. The Morgan fingerprint density at radius 1 is 1.03 bits per heavy atom. The molecular weight excluding hydrogens is 374 g/mol. The number of benzene rings is 1. The summed E-state index contributed by atoms with van der Waals surface area (Å²) in [7, 11) is 0. The molecule has 6 nitrogen and oxygen atoms in total. The number of rotatable bonds is 4. The maximum Gasteiger partial charge on any atom is 0.0937 e. The maximum absolute atomic E-state index is 5.49. The Hall–Kier alpha value is -2.44. The summed E-state index contributed by atoms with van der Waals surface area (Å²) in [4.78, 5) is 9.78. The minimum atomic E-state index is 0.494. The lowest BCUT2D eigenvalue weighted by Gasteiger charge is -2.26. The number of anilines is 1. The van der Waals surface area contributed by atoms with E-state index in [4.69, 9.17) is 14.8 Å². The third kappa shape index (κ3) is 4.07. The van der Waals surface area contributed by atoms with E-state index in [9.17, 15) is 0 Å². The highest BCUT2D eigenvalue weighted by atomic mass is 16.5. The molecule has 2 aliphatic rings. The highest BCUT2D eigenvalue weighted by Crippen LogP contribution is 2.30.